The smallest absolute Gasteiger partial charge is 0.299 e. The van der Waals surface area contributed by atoms with Gasteiger partial charge in [0, 0.05) is 0 Å². The maximum Gasteiger partial charge on any atom is 0.342 e. The minimum Gasteiger partial charge on any atom is -0.299 e. The molecule has 0 unspecified atom stereocenters. The summed E-state index contributed by atoms with van der Waals surface area (Å²) in [5.74, 6) is 1.13. The van der Waals surface area contributed by atoms with Crippen LogP contribution in [0.3, 0.4) is 0 Å². The van der Waals surface area contributed by atoms with Crippen LogP contribution in [0.4, 0.5) is 0 Å². The van der Waals surface area contributed by atoms with Gasteiger partial charge in [0.1, 0.15) is 0 Å². The van der Waals surface area contributed by atoms with Crippen LogP contribution in [-0.2, 0) is 14.6 Å². The van der Waals surface area contributed by atoms with E-state index in [0.29, 0.717) is 12.3 Å². The van der Waals surface area contributed by atoms with Crippen molar-refractivity contribution in [2.24, 2.45) is 11.8 Å². The van der Waals surface area contributed by atoms with Crippen molar-refractivity contribution >= 4 is 5.97 Å². The van der Waals surface area contributed by atoms with Crippen LogP contribution in [0.2, 0.25) is 0 Å². The molecule has 1 aliphatic rings. The van der Waals surface area contributed by atoms with E-state index in [4.69, 9.17) is 0 Å². The number of hydrogen-bond acceptors (Lipinski definition) is 3. The van der Waals surface area contributed by atoms with E-state index in [2.05, 4.69) is 16.7 Å². The molecule has 1 fully saturated rings. The van der Waals surface area contributed by atoms with Crippen molar-refractivity contribution in [3.05, 3.63) is 0 Å². The predicted molar refractivity (Wildman–Crippen MR) is 67.3 cm³/mol. The summed E-state index contributed by atoms with van der Waals surface area (Å²) < 4.78 is 0. The molecule has 1 aliphatic carbocycles. The molecule has 3 nitrogen and oxygen atoms in total. The first-order valence-electron chi connectivity index (χ1n) is 6.99. The molecular weight excluding hydrogens is 216 g/mol. The SMILES string of the molecule is CCCCC[C@H]1CCC[C@@H](CC(=O)OOC)C1. The van der Waals surface area contributed by atoms with Gasteiger partial charge in [-0.1, -0.05) is 45.4 Å². The topological polar surface area (TPSA) is 35.5 Å². The summed E-state index contributed by atoms with van der Waals surface area (Å²) in [7, 11) is 1.38. The summed E-state index contributed by atoms with van der Waals surface area (Å²) in [4.78, 5) is 20.3. The first-order chi connectivity index (χ1) is 8.26. The van der Waals surface area contributed by atoms with Crippen LogP contribution in [0.25, 0.3) is 0 Å². The molecule has 0 amide bonds. The Hall–Kier alpha value is -0.570. The second kappa shape index (κ2) is 8.51. The van der Waals surface area contributed by atoms with Crippen molar-refractivity contribution in [2.45, 2.75) is 64.7 Å². The van der Waals surface area contributed by atoms with Gasteiger partial charge >= 0.3 is 5.97 Å². The third kappa shape index (κ3) is 6.06. The lowest BCUT2D eigenvalue weighted by atomic mass is 9.78. The van der Waals surface area contributed by atoms with Crippen LogP contribution < -0.4 is 0 Å². The molecule has 0 bridgehead atoms. The van der Waals surface area contributed by atoms with Gasteiger partial charge in [-0.2, -0.15) is 4.89 Å². The third-order valence-electron chi connectivity index (χ3n) is 3.74. The van der Waals surface area contributed by atoms with Crippen molar-refractivity contribution in [1.82, 2.24) is 0 Å². The molecule has 0 saturated heterocycles. The largest absolute Gasteiger partial charge is 0.342 e. The molecule has 2 atom stereocenters. The van der Waals surface area contributed by atoms with E-state index in [9.17, 15) is 4.79 Å². The fourth-order valence-corrected chi connectivity index (χ4v) is 2.90. The Morgan fingerprint density at radius 1 is 1.24 bits per heavy atom. The highest BCUT2D eigenvalue weighted by Crippen LogP contribution is 2.34. The quantitative estimate of drug-likeness (QED) is 0.386. The number of rotatable bonds is 7. The van der Waals surface area contributed by atoms with Gasteiger partial charge in [0.15, 0.2) is 0 Å². The van der Waals surface area contributed by atoms with Crippen molar-refractivity contribution in [2.75, 3.05) is 7.11 Å². The van der Waals surface area contributed by atoms with Crippen LogP contribution in [0.15, 0.2) is 0 Å². The van der Waals surface area contributed by atoms with Gasteiger partial charge in [0.2, 0.25) is 0 Å². The number of carbonyl (C=O) groups excluding carboxylic acids is 1. The highest BCUT2D eigenvalue weighted by Gasteiger charge is 2.24. The molecule has 0 spiro atoms. The van der Waals surface area contributed by atoms with E-state index < -0.39 is 0 Å². The molecule has 0 heterocycles. The van der Waals surface area contributed by atoms with Gasteiger partial charge in [-0.05, 0) is 24.7 Å². The maximum atomic E-state index is 11.3. The second-order valence-corrected chi connectivity index (χ2v) is 5.22. The summed E-state index contributed by atoms with van der Waals surface area (Å²) in [5.41, 5.74) is 0. The highest BCUT2D eigenvalue weighted by atomic mass is 17.2. The number of unbranched alkanes of at least 4 members (excludes halogenated alkanes) is 2. The summed E-state index contributed by atoms with van der Waals surface area (Å²) in [6, 6.07) is 0. The summed E-state index contributed by atoms with van der Waals surface area (Å²) >= 11 is 0. The first-order valence-corrected chi connectivity index (χ1v) is 6.99. The molecule has 0 aliphatic heterocycles. The number of hydrogen-bond donors (Lipinski definition) is 0. The molecule has 100 valence electrons. The Balaban J connectivity index is 2.21. The van der Waals surface area contributed by atoms with E-state index in [1.807, 2.05) is 0 Å². The molecule has 3 heteroatoms. The maximum absolute atomic E-state index is 11.3. The van der Waals surface area contributed by atoms with E-state index in [1.54, 1.807) is 0 Å². The van der Waals surface area contributed by atoms with Crippen LogP contribution in [0.5, 0.6) is 0 Å². The average Bonchev–Trinajstić information content (AvgIpc) is 2.30. The van der Waals surface area contributed by atoms with Gasteiger partial charge in [-0.25, -0.2) is 4.79 Å². The monoisotopic (exact) mass is 242 g/mol. The third-order valence-corrected chi connectivity index (χ3v) is 3.74. The van der Waals surface area contributed by atoms with E-state index in [-0.39, 0.29) is 5.97 Å². The van der Waals surface area contributed by atoms with Crippen molar-refractivity contribution in [1.29, 1.82) is 0 Å². The van der Waals surface area contributed by atoms with Crippen LogP contribution in [0.1, 0.15) is 64.7 Å². The zero-order valence-electron chi connectivity index (χ0n) is 11.2. The number of carbonyl (C=O) groups is 1. The molecule has 0 aromatic rings. The molecule has 1 rings (SSSR count). The zero-order chi connectivity index (χ0) is 12.5. The van der Waals surface area contributed by atoms with Gasteiger partial charge in [0.25, 0.3) is 0 Å². The zero-order valence-corrected chi connectivity index (χ0v) is 11.2. The van der Waals surface area contributed by atoms with E-state index >= 15 is 0 Å². The van der Waals surface area contributed by atoms with Gasteiger partial charge in [0.05, 0.1) is 13.5 Å². The van der Waals surface area contributed by atoms with E-state index in [0.717, 1.165) is 5.92 Å². The predicted octanol–water partition coefficient (Wildman–Crippen LogP) is 3.87. The Morgan fingerprint density at radius 3 is 2.71 bits per heavy atom. The van der Waals surface area contributed by atoms with Gasteiger partial charge < -0.3 is 0 Å². The molecule has 0 aromatic heterocycles. The Labute approximate surface area is 105 Å². The fourth-order valence-electron chi connectivity index (χ4n) is 2.90. The second-order valence-electron chi connectivity index (χ2n) is 5.22. The van der Waals surface area contributed by atoms with Gasteiger partial charge in [-0.15, -0.1) is 0 Å². The Kier molecular flexibility index (Phi) is 7.25. The molecular formula is C14H26O3. The highest BCUT2D eigenvalue weighted by molar-refractivity contribution is 5.68. The lowest BCUT2D eigenvalue weighted by Gasteiger charge is -2.28. The first kappa shape index (κ1) is 14.5. The minimum atomic E-state index is -0.216. The van der Waals surface area contributed by atoms with Crippen LogP contribution in [-0.4, -0.2) is 13.1 Å². The summed E-state index contributed by atoms with van der Waals surface area (Å²) in [6.45, 7) is 2.24. The van der Waals surface area contributed by atoms with Crippen molar-refractivity contribution < 1.29 is 14.6 Å². The normalized spacial score (nSPS) is 24.6. The standard InChI is InChI=1S/C14H26O3/c1-3-4-5-7-12-8-6-9-13(10-12)11-14(15)17-16-2/h12-13H,3-11H2,1-2H3/t12-,13+/m0/s1. The fraction of sp³-hybridized carbons (Fsp3) is 0.929. The lowest BCUT2D eigenvalue weighted by Crippen LogP contribution is -2.19. The Bertz CT molecular complexity index is 216. The Morgan fingerprint density at radius 2 is 2.00 bits per heavy atom. The summed E-state index contributed by atoms with van der Waals surface area (Å²) in [5, 5.41) is 0. The molecule has 0 aromatic carbocycles. The van der Waals surface area contributed by atoms with Crippen molar-refractivity contribution in [3.8, 4) is 0 Å². The summed E-state index contributed by atoms with van der Waals surface area (Å²) in [6.07, 6.45) is 10.8. The molecule has 1 saturated carbocycles. The minimum absolute atomic E-state index is 0.216. The average molecular weight is 242 g/mol. The van der Waals surface area contributed by atoms with Crippen LogP contribution >= 0.6 is 0 Å². The lowest BCUT2D eigenvalue weighted by molar-refractivity contribution is -0.256. The molecule has 0 radical (unpaired) electrons. The molecule has 0 N–H and O–H groups in total. The van der Waals surface area contributed by atoms with Gasteiger partial charge in [-0.3, -0.25) is 4.89 Å². The van der Waals surface area contributed by atoms with Crippen LogP contribution in [0, 0.1) is 11.8 Å². The van der Waals surface area contributed by atoms with E-state index in [1.165, 1.54) is 58.5 Å². The van der Waals surface area contributed by atoms with Crippen molar-refractivity contribution in [3.63, 3.8) is 0 Å². The molecule has 17 heavy (non-hydrogen) atoms.